The number of thioether (sulfide) groups is 1. The van der Waals surface area contributed by atoms with E-state index < -0.39 is 0 Å². The first-order chi connectivity index (χ1) is 8.72. The Bertz CT molecular complexity index is 427. The first-order valence-electron chi connectivity index (χ1n) is 6.00. The van der Waals surface area contributed by atoms with Gasteiger partial charge in [0.05, 0.1) is 18.4 Å². The van der Waals surface area contributed by atoms with Crippen molar-refractivity contribution in [2.45, 2.75) is 23.8 Å². The van der Waals surface area contributed by atoms with Crippen LogP contribution in [0, 0.1) is 5.82 Å². The summed E-state index contributed by atoms with van der Waals surface area (Å²) in [5.41, 5.74) is 0. The third-order valence-corrected chi connectivity index (χ3v) is 4.13. The van der Waals surface area contributed by atoms with Crippen LogP contribution in [0.2, 0.25) is 0 Å². The summed E-state index contributed by atoms with van der Waals surface area (Å²) in [6.07, 6.45) is 1.79. The van der Waals surface area contributed by atoms with E-state index in [2.05, 4.69) is 0 Å². The van der Waals surface area contributed by atoms with Gasteiger partial charge >= 0.3 is 0 Å². The Morgan fingerprint density at radius 2 is 2.28 bits per heavy atom. The van der Waals surface area contributed by atoms with Gasteiger partial charge in [-0.3, -0.25) is 4.79 Å². The average molecular weight is 269 g/mol. The van der Waals surface area contributed by atoms with Gasteiger partial charge in [0, 0.05) is 11.4 Å². The fraction of sp³-hybridized carbons (Fsp3) is 0.462. The van der Waals surface area contributed by atoms with E-state index >= 15 is 0 Å². The molecule has 1 amide bonds. The minimum atomic E-state index is -0.296. The normalized spacial score (nSPS) is 19.2. The average Bonchev–Trinajstić information content (AvgIpc) is 2.86. The molecular weight excluding hydrogens is 253 g/mol. The molecule has 1 atom stereocenters. The van der Waals surface area contributed by atoms with Gasteiger partial charge in [0.15, 0.2) is 0 Å². The molecular formula is C13H16FNO2S. The Balaban J connectivity index is 1.90. The molecule has 2 rings (SSSR count). The second-order valence-electron chi connectivity index (χ2n) is 4.28. The lowest BCUT2D eigenvalue weighted by Crippen LogP contribution is -2.38. The highest BCUT2D eigenvalue weighted by molar-refractivity contribution is 8.00. The third-order valence-electron chi connectivity index (χ3n) is 3.10. The van der Waals surface area contributed by atoms with E-state index in [0.717, 1.165) is 12.8 Å². The molecule has 1 N–H and O–H groups in total. The minimum absolute atomic E-state index is 0.0100. The number of rotatable bonds is 4. The van der Waals surface area contributed by atoms with Gasteiger partial charge < -0.3 is 10.0 Å². The molecule has 0 aromatic heterocycles. The van der Waals surface area contributed by atoms with Gasteiger partial charge in [-0.25, -0.2) is 4.39 Å². The summed E-state index contributed by atoms with van der Waals surface area (Å²) in [6.45, 7) is 0.706. The molecule has 1 unspecified atom stereocenters. The Kier molecular flexibility index (Phi) is 4.60. The number of halogens is 1. The molecule has 1 saturated heterocycles. The predicted octanol–water partition coefficient (Wildman–Crippen LogP) is 1.90. The summed E-state index contributed by atoms with van der Waals surface area (Å²) in [5.74, 6) is -0.104. The van der Waals surface area contributed by atoms with Crippen molar-refractivity contribution in [3.05, 3.63) is 30.1 Å². The van der Waals surface area contributed by atoms with E-state index in [0.29, 0.717) is 11.4 Å². The Hall–Kier alpha value is -1.07. The first-order valence-corrected chi connectivity index (χ1v) is 6.98. The van der Waals surface area contributed by atoms with E-state index in [4.69, 9.17) is 5.11 Å². The van der Waals surface area contributed by atoms with Crippen LogP contribution >= 0.6 is 11.8 Å². The highest BCUT2D eigenvalue weighted by Crippen LogP contribution is 2.23. The van der Waals surface area contributed by atoms with Gasteiger partial charge in [-0.15, -0.1) is 11.8 Å². The van der Waals surface area contributed by atoms with Gasteiger partial charge in [-0.05, 0) is 25.0 Å². The number of nitrogens with zero attached hydrogens (tertiary/aromatic N) is 1. The van der Waals surface area contributed by atoms with Crippen molar-refractivity contribution >= 4 is 17.7 Å². The van der Waals surface area contributed by atoms with Crippen molar-refractivity contribution in [3.8, 4) is 0 Å². The van der Waals surface area contributed by atoms with E-state index in [-0.39, 0.29) is 30.1 Å². The SMILES string of the molecule is O=C(CSc1ccccc1F)N1CCCC1CO. The van der Waals surface area contributed by atoms with Gasteiger partial charge in [0.25, 0.3) is 0 Å². The van der Waals surface area contributed by atoms with E-state index in [1.165, 1.54) is 17.8 Å². The number of likely N-dealkylation sites (tertiary alicyclic amines) is 1. The van der Waals surface area contributed by atoms with Crippen LogP contribution in [0.1, 0.15) is 12.8 Å². The topological polar surface area (TPSA) is 40.5 Å². The number of benzene rings is 1. The maximum absolute atomic E-state index is 13.4. The van der Waals surface area contributed by atoms with Crippen molar-refractivity contribution < 1.29 is 14.3 Å². The van der Waals surface area contributed by atoms with Gasteiger partial charge in [0.1, 0.15) is 5.82 Å². The molecule has 1 heterocycles. The largest absolute Gasteiger partial charge is 0.394 e. The van der Waals surface area contributed by atoms with Crippen molar-refractivity contribution in [1.82, 2.24) is 4.90 Å². The Labute approximate surface area is 110 Å². The summed E-state index contributed by atoms with van der Waals surface area (Å²) < 4.78 is 13.4. The number of hydrogen-bond donors (Lipinski definition) is 1. The zero-order valence-corrected chi connectivity index (χ0v) is 10.8. The molecule has 0 saturated carbocycles. The standard InChI is InChI=1S/C13H16FNO2S/c14-11-5-1-2-6-12(11)18-9-13(17)15-7-3-4-10(15)8-16/h1-2,5-6,10,16H,3-4,7-9H2. The monoisotopic (exact) mass is 269 g/mol. The van der Waals surface area contributed by atoms with Crippen LogP contribution in [0.4, 0.5) is 4.39 Å². The molecule has 1 fully saturated rings. The lowest BCUT2D eigenvalue weighted by molar-refractivity contribution is -0.129. The zero-order chi connectivity index (χ0) is 13.0. The molecule has 1 aliphatic heterocycles. The number of carbonyl (C=O) groups excluding carboxylic acids is 1. The van der Waals surface area contributed by atoms with Crippen LogP contribution in [0.15, 0.2) is 29.2 Å². The maximum Gasteiger partial charge on any atom is 0.233 e. The molecule has 0 spiro atoms. The van der Waals surface area contributed by atoms with Gasteiger partial charge in [0.2, 0.25) is 5.91 Å². The molecule has 0 radical (unpaired) electrons. The van der Waals surface area contributed by atoms with Crippen molar-refractivity contribution in [1.29, 1.82) is 0 Å². The first kappa shape index (κ1) is 13.4. The maximum atomic E-state index is 13.4. The molecule has 1 aliphatic rings. The molecule has 5 heteroatoms. The van der Waals surface area contributed by atoms with E-state index in [1.807, 2.05) is 0 Å². The number of amides is 1. The molecule has 0 aliphatic carbocycles. The Morgan fingerprint density at radius 3 is 3.00 bits per heavy atom. The Morgan fingerprint density at radius 1 is 1.50 bits per heavy atom. The quantitative estimate of drug-likeness (QED) is 0.849. The zero-order valence-electron chi connectivity index (χ0n) is 10.0. The van der Waals surface area contributed by atoms with Gasteiger partial charge in [-0.1, -0.05) is 12.1 Å². The molecule has 1 aromatic rings. The summed E-state index contributed by atoms with van der Waals surface area (Å²) in [5, 5.41) is 9.15. The predicted molar refractivity (Wildman–Crippen MR) is 68.9 cm³/mol. The smallest absolute Gasteiger partial charge is 0.233 e. The minimum Gasteiger partial charge on any atom is -0.394 e. The number of aliphatic hydroxyl groups excluding tert-OH is 1. The van der Waals surface area contributed by atoms with Crippen molar-refractivity contribution in [2.24, 2.45) is 0 Å². The summed E-state index contributed by atoms with van der Waals surface area (Å²) in [7, 11) is 0. The summed E-state index contributed by atoms with van der Waals surface area (Å²) in [4.78, 5) is 14.2. The highest BCUT2D eigenvalue weighted by Gasteiger charge is 2.27. The second kappa shape index (κ2) is 6.20. The lowest BCUT2D eigenvalue weighted by atomic mass is 10.2. The van der Waals surface area contributed by atoms with E-state index in [1.54, 1.807) is 23.1 Å². The van der Waals surface area contributed by atoms with Crippen LogP contribution in [0.5, 0.6) is 0 Å². The number of carbonyl (C=O) groups is 1. The fourth-order valence-electron chi connectivity index (χ4n) is 2.14. The number of hydrogen-bond acceptors (Lipinski definition) is 3. The van der Waals surface area contributed by atoms with Crippen LogP contribution in [-0.4, -0.2) is 40.9 Å². The van der Waals surface area contributed by atoms with Crippen LogP contribution in [0.3, 0.4) is 0 Å². The summed E-state index contributed by atoms with van der Waals surface area (Å²) >= 11 is 1.21. The van der Waals surface area contributed by atoms with Crippen molar-refractivity contribution in [3.63, 3.8) is 0 Å². The highest BCUT2D eigenvalue weighted by atomic mass is 32.2. The molecule has 98 valence electrons. The molecule has 0 bridgehead atoms. The third kappa shape index (κ3) is 3.03. The molecule has 3 nitrogen and oxygen atoms in total. The number of aliphatic hydroxyl groups is 1. The van der Waals surface area contributed by atoms with Crippen LogP contribution in [0.25, 0.3) is 0 Å². The van der Waals surface area contributed by atoms with Crippen LogP contribution < -0.4 is 0 Å². The second-order valence-corrected chi connectivity index (χ2v) is 5.30. The lowest BCUT2D eigenvalue weighted by Gasteiger charge is -2.22. The van der Waals surface area contributed by atoms with Crippen molar-refractivity contribution in [2.75, 3.05) is 18.9 Å². The van der Waals surface area contributed by atoms with Crippen LogP contribution in [-0.2, 0) is 4.79 Å². The molecule has 18 heavy (non-hydrogen) atoms. The molecule has 1 aromatic carbocycles. The van der Waals surface area contributed by atoms with Gasteiger partial charge in [-0.2, -0.15) is 0 Å². The fourth-order valence-corrected chi connectivity index (χ4v) is 2.96. The van der Waals surface area contributed by atoms with E-state index in [9.17, 15) is 9.18 Å². The summed E-state index contributed by atoms with van der Waals surface area (Å²) in [6, 6.07) is 6.38.